The van der Waals surface area contributed by atoms with Gasteiger partial charge in [-0.15, -0.1) is 11.8 Å². The molecule has 2 atom stereocenters. The Labute approximate surface area is 197 Å². The number of carbonyl (C=O) groups is 1. The van der Waals surface area contributed by atoms with Gasteiger partial charge in [-0.05, 0) is 47.9 Å². The molecule has 3 aromatic rings. The van der Waals surface area contributed by atoms with Crippen LogP contribution in [0.5, 0.6) is 0 Å². The van der Waals surface area contributed by atoms with Crippen molar-refractivity contribution in [2.75, 3.05) is 6.54 Å². The third-order valence-corrected chi connectivity index (χ3v) is 7.77. The van der Waals surface area contributed by atoms with Crippen LogP contribution in [0.1, 0.15) is 55.5 Å². The van der Waals surface area contributed by atoms with Crippen LogP contribution in [0.2, 0.25) is 0 Å². The topological polar surface area (TPSA) is 20.3 Å². The van der Waals surface area contributed by atoms with E-state index in [4.69, 9.17) is 0 Å². The second kappa shape index (κ2) is 11.4. The molecule has 32 heavy (non-hydrogen) atoms. The van der Waals surface area contributed by atoms with Crippen LogP contribution in [0.3, 0.4) is 0 Å². The Morgan fingerprint density at radius 1 is 0.781 bits per heavy atom. The highest BCUT2D eigenvalue weighted by Gasteiger charge is 2.39. The minimum atomic E-state index is 0.0999. The molecule has 0 spiro atoms. The normalized spacial score (nSPS) is 18.3. The lowest BCUT2D eigenvalue weighted by molar-refractivity contribution is -0.130. The summed E-state index contributed by atoms with van der Waals surface area (Å²) in [7, 11) is 0. The van der Waals surface area contributed by atoms with Crippen molar-refractivity contribution in [2.24, 2.45) is 0 Å². The van der Waals surface area contributed by atoms with E-state index in [0.29, 0.717) is 5.91 Å². The van der Waals surface area contributed by atoms with Crippen molar-refractivity contribution in [2.45, 2.75) is 56.1 Å². The first-order valence-electron chi connectivity index (χ1n) is 11.9. The summed E-state index contributed by atoms with van der Waals surface area (Å²) >= 11 is 1.85. The quantitative estimate of drug-likeness (QED) is 0.302. The molecular weight excluding hydrogens is 410 g/mol. The highest BCUT2D eigenvalue weighted by molar-refractivity contribution is 8.01. The predicted octanol–water partition coefficient (Wildman–Crippen LogP) is 7.51. The van der Waals surface area contributed by atoms with Gasteiger partial charge in [0.05, 0.1) is 5.25 Å². The highest BCUT2D eigenvalue weighted by atomic mass is 32.2. The number of carbonyl (C=O) groups excluding carboxylic acids is 1. The number of hydrogen-bond donors (Lipinski definition) is 0. The molecule has 2 unspecified atom stereocenters. The SMILES string of the molecule is CCCCC1SC(c2ccc(-c3ccccc3)cc2)N(CCCCc2ccccc2)C1=O. The van der Waals surface area contributed by atoms with Crippen LogP contribution < -0.4 is 0 Å². The van der Waals surface area contributed by atoms with Crippen LogP contribution in [0.25, 0.3) is 11.1 Å². The number of aryl methyl sites for hydroxylation is 1. The third kappa shape index (κ3) is 5.63. The molecule has 1 heterocycles. The van der Waals surface area contributed by atoms with Gasteiger partial charge < -0.3 is 4.90 Å². The molecule has 0 aromatic heterocycles. The van der Waals surface area contributed by atoms with E-state index in [1.807, 2.05) is 17.8 Å². The Kier molecular flexibility index (Phi) is 8.06. The first-order chi connectivity index (χ1) is 15.8. The van der Waals surface area contributed by atoms with Crippen molar-refractivity contribution in [3.05, 3.63) is 96.1 Å². The van der Waals surface area contributed by atoms with Crippen LogP contribution >= 0.6 is 11.8 Å². The lowest BCUT2D eigenvalue weighted by Crippen LogP contribution is -2.32. The maximum atomic E-state index is 13.3. The van der Waals surface area contributed by atoms with Gasteiger partial charge in [-0.2, -0.15) is 0 Å². The Morgan fingerprint density at radius 3 is 2.12 bits per heavy atom. The Bertz CT molecular complexity index is 971. The zero-order valence-corrected chi connectivity index (χ0v) is 19.8. The van der Waals surface area contributed by atoms with Crippen molar-refractivity contribution in [1.29, 1.82) is 0 Å². The van der Waals surface area contributed by atoms with Gasteiger partial charge in [-0.1, -0.05) is 105 Å². The average molecular weight is 444 g/mol. The van der Waals surface area contributed by atoms with Crippen molar-refractivity contribution in [1.82, 2.24) is 4.90 Å². The van der Waals surface area contributed by atoms with Crippen LogP contribution in [0.4, 0.5) is 0 Å². The van der Waals surface area contributed by atoms with E-state index >= 15 is 0 Å². The van der Waals surface area contributed by atoms with Crippen LogP contribution in [-0.4, -0.2) is 22.6 Å². The van der Waals surface area contributed by atoms with E-state index in [-0.39, 0.29) is 10.6 Å². The minimum absolute atomic E-state index is 0.0999. The van der Waals surface area contributed by atoms with Gasteiger partial charge in [0.25, 0.3) is 0 Å². The van der Waals surface area contributed by atoms with E-state index in [1.165, 1.54) is 22.3 Å². The number of amides is 1. The second-order valence-corrected chi connectivity index (χ2v) is 9.87. The number of unbranched alkanes of at least 4 members (excludes halogenated alkanes) is 2. The van der Waals surface area contributed by atoms with Gasteiger partial charge >= 0.3 is 0 Å². The molecule has 4 rings (SSSR count). The molecule has 0 N–H and O–H groups in total. The maximum absolute atomic E-state index is 13.3. The lowest BCUT2D eigenvalue weighted by Gasteiger charge is -2.24. The third-order valence-electron chi connectivity index (χ3n) is 6.21. The Morgan fingerprint density at radius 2 is 1.44 bits per heavy atom. The first kappa shape index (κ1) is 22.7. The first-order valence-corrected chi connectivity index (χ1v) is 12.9. The Hall–Kier alpha value is -2.52. The summed E-state index contributed by atoms with van der Waals surface area (Å²) in [4.78, 5) is 15.4. The molecule has 0 radical (unpaired) electrons. The summed E-state index contributed by atoms with van der Waals surface area (Å²) in [6.45, 7) is 3.04. The van der Waals surface area contributed by atoms with Crippen molar-refractivity contribution in [3.63, 3.8) is 0 Å². The fraction of sp³-hybridized carbons (Fsp3) is 0.345. The molecule has 0 saturated carbocycles. The largest absolute Gasteiger partial charge is 0.326 e. The molecule has 1 aliphatic rings. The lowest BCUT2D eigenvalue weighted by atomic mass is 10.0. The number of rotatable bonds is 10. The van der Waals surface area contributed by atoms with Gasteiger partial charge in [0.15, 0.2) is 0 Å². The monoisotopic (exact) mass is 443 g/mol. The minimum Gasteiger partial charge on any atom is -0.326 e. The molecule has 0 bridgehead atoms. The summed E-state index contributed by atoms with van der Waals surface area (Å²) in [6, 6.07) is 29.9. The number of benzene rings is 3. The molecule has 1 saturated heterocycles. The zero-order chi connectivity index (χ0) is 22.2. The van der Waals surface area contributed by atoms with E-state index in [9.17, 15) is 4.79 Å². The molecule has 166 valence electrons. The molecule has 0 aliphatic carbocycles. The van der Waals surface area contributed by atoms with E-state index in [0.717, 1.165) is 45.1 Å². The van der Waals surface area contributed by atoms with Gasteiger partial charge in [0.2, 0.25) is 5.91 Å². The smallest absolute Gasteiger partial charge is 0.236 e. The maximum Gasteiger partial charge on any atom is 0.236 e. The van der Waals surface area contributed by atoms with E-state index in [2.05, 4.69) is 90.7 Å². The Balaban J connectivity index is 1.44. The fourth-order valence-corrected chi connectivity index (χ4v) is 5.92. The molecule has 3 heteroatoms. The van der Waals surface area contributed by atoms with Crippen LogP contribution in [-0.2, 0) is 11.2 Å². The highest BCUT2D eigenvalue weighted by Crippen LogP contribution is 2.45. The van der Waals surface area contributed by atoms with Crippen molar-refractivity contribution < 1.29 is 4.79 Å². The molecule has 1 fully saturated rings. The summed E-state index contributed by atoms with van der Waals surface area (Å²) in [5, 5.41) is 0.230. The van der Waals surface area contributed by atoms with Crippen LogP contribution in [0, 0.1) is 0 Å². The summed E-state index contributed by atoms with van der Waals surface area (Å²) in [5.74, 6) is 0.334. The van der Waals surface area contributed by atoms with Gasteiger partial charge in [-0.3, -0.25) is 4.79 Å². The van der Waals surface area contributed by atoms with Gasteiger partial charge in [-0.25, -0.2) is 0 Å². The van der Waals surface area contributed by atoms with Gasteiger partial charge in [0, 0.05) is 6.54 Å². The summed E-state index contributed by atoms with van der Waals surface area (Å²) in [5.41, 5.74) is 5.07. The summed E-state index contributed by atoms with van der Waals surface area (Å²) in [6.07, 6.45) is 6.46. The zero-order valence-electron chi connectivity index (χ0n) is 19.0. The van der Waals surface area contributed by atoms with Gasteiger partial charge in [0.1, 0.15) is 5.37 Å². The number of thioether (sulfide) groups is 1. The molecule has 1 aliphatic heterocycles. The standard InChI is InChI=1S/C29H33NOS/c1-2-3-17-27-28(31)30(22-11-10-14-23-12-6-4-7-13-23)29(32-27)26-20-18-25(19-21-26)24-15-8-5-9-16-24/h4-9,12-13,15-16,18-21,27,29H,2-3,10-11,14,17,22H2,1H3. The molecule has 1 amide bonds. The average Bonchev–Trinajstić information content (AvgIpc) is 3.17. The van der Waals surface area contributed by atoms with Crippen molar-refractivity contribution >= 4 is 17.7 Å². The van der Waals surface area contributed by atoms with Crippen LogP contribution in [0.15, 0.2) is 84.9 Å². The second-order valence-electron chi connectivity index (χ2n) is 8.58. The number of hydrogen-bond acceptors (Lipinski definition) is 2. The predicted molar refractivity (Wildman–Crippen MR) is 137 cm³/mol. The fourth-order valence-electron chi connectivity index (χ4n) is 4.38. The molecule has 2 nitrogen and oxygen atoms in total. The van der Waals surface area contributed by atoms with Crippen molar-refractivity contribution in [3.8, 4) is 11.1 Å². The molecular formula is C29H33NOS. The molecule has 3 aromatic carbocycles. The van der Waals surface area contributed by atoms with E-state index in [1.54, 1.807) is 0 Å². The van der Waals surface area contributed by atoms with E-state index < -0.39 is 0 Å². The number of nitrogens with zero attached hydrogens (tertiary/aromatic N) is 1. The summed E-state index contributed by atoms with van der Waals surface area (Å²) < 4.78 is 0.